The lowest BCUT2D eigenvalue weighted by molar-refractivity contribution is -0.398. The fourth-order valence-electron chi connectivity index (χ4n) is 11.2. The Kier molecular flexibility index (Phi) is 17.5. The lowest BCUT2D eigenvalue weighted by Gasteiger charge is -2.55. The summed E-state index contributed by atoms with van der Waals surface area (Å²) >= 11 is 5.71. The van der Waals surface area contributed by atoms with Gasteiger partial charge in [0.15, 0.2) is 11.6 Å². The van der Waals surface area contributed by atoms with E-state index in [0.717, 1.165) is 6.42 Å². The topological polar surface area (TPSA) is 189 Å². The molecular weight excluding hydrogens is 822 g/mol. The molecule has 0 bridgehead atoms. The standard InChI is InChI=1S/C47H78ClNO13/c1-11-33(42(52)53)35-15-14-27(4)40(59-35)31(8)38(50)30(7)39(51)34(12-2)41-28(5)26-29(6)46(60-41)19-16-36(49-43(54)57-25-24-56-23-22-48)47(62-46)21-20-44(10,61-47)37-17-18-45(55,13-3)32(9)58-37/h16,19,27-38,40-41,50,55H,11-15,17-18,20-26H2,1-10H3,(H,49,54)(H,52,53)/t27-,28-,29+,30-,31-,32-,33+,34-,35+,36+,37+,38+,40+,41-,44-,45+,46-,47-/m0/s1. The van der Waals surface area contributed by atoms with Crippen LogP contribution in [0.25, 0.3) is 0 Å². The minimum Gasteiger partial charge on any atom is -0.481 e. The van der Waals surface area contributed by atoms with Gasteiger partial charge in [-0.05, 0) is 89.5 Å². The molecule has 5 aliphatic heterocycles. The van der Waals surface area contributed by atoms with E-state index in [0.29, 0.717) is 70.3 Å². The molecule has 0 unspecified atom stereocenters. The number of alkyl halides is 1. The quantitative estimate of drug-likeness (QED) is 0.0616. The summed E-state index contributed by atoms with van der Waals surface area (Å²) < 4.78 is 45.2. The molecule has 62 heavy (non-hydrogen) atoms. The van der Waals surface area contributed by atoms with Gasteiger partial charge >= 0.3 is 12.1 Å². The molecule has 0 aliphatic carbocycles. The molecule has 0 saturated carbocycles. The number of aliphatic carboxylic acids is 1. The molecule has 2 spiro atoms. The van der Waals surface area contributed by atoms with Crippen LogP contribution in [0.2, 0.25) is 0 Å². The van der Waals surface area contributed by atoms with E-state index in [4.69, 9.17) is 44.8 Å². The van der Waals surface area contributed by atoms with Crippen molar-refractivity contribution >= 4 is 29.4 Å². The minimum absolute atomic E-state index is 0.0268. The largest absolute Gasteiger partial charge is 0.481 e. The maximum absolute atomic E-state index is 14.7. The van der Waals surface area contributed by atoms with Gasteiger partial charge in [-0.3, -0.25) is 9.59 Å². The van der Waals surface area contributed by atoms with Crippen molar-refractivity contribution in [3.8, 4) is 0 Å². The molecule has 15 heteroatoms. The smallest absolute Gasteiger partial charge is 0.407 e. The summed E-state index contributed by atoms with van der Waals surface area (Å²) in [5, 5.41) is 35.9. The lowest BCUT2D eigenvalue weighted by atomic mass is 9.72. The Labute approximate surface area is 374 Å². The van der Waals surface area contributed by atoms with E-state index in [-0.39, 0.29) is 42.9 Å². The van der Waals surface area contributed by atoms with Crippen LogP contribution in [0.5, 0.6) is 0 Å². The van der Waals surface area contributed by atoms with Gasteiger partial charge in [-0.15, -0.1) is 11.6 Å². The van der Waals surface area contributed by atoms with E-state index < -0.39 is 95.1 Å². The first kappa shape index (κ1) is 51.1. The number of nitrogens with one attached hydrogen (secondary N) is 1. The van der Waals surface area contributed by atoms with E-state index in [2.05, 4.69) is 26.1 Å². The zero-order chi connectivity index (χ0) is 45.8. The van der Waals surface area contributed by atoms with E-state index in [1.165, 1.54) is 0 Å². The molecule has 5 rings (SSSR count). The molecule has 18 atom stereocenters. The molecule has 4 N–H and O–H groups in total. The zero-order valence-electron chi connectivity index (χ0n) is 38.9. The van der Waals surface area contributed by atoms with Crippen LogP contribution in [0.15, 0.2) is 12.2 Å². The van der Waals surface area contributed by atoms with Crippen LogP contribution in [0.1, 0.15) is 133 Å². The average Bonchev–Trinajstić information content (AvgIpc) is 3.58. The highest BCUT2D eigenvalue weighted by Crippen LogP contribution is 2.54. The Bertz CT molecular complexity index is 1550. The number of carbonyl (C=O) groups is 3. The monoisotopic (exact) mass is 900 g/mol. The van der Waals surface area contributed by atoms with Gasteiger partial charge in [-0.25, -0.2) is 4.79 Å². The summed E-state index contributed by atoms with van der Waals surface area (Å²) in [7, 11) is 0. The Balaban J connectivity index is 1.38. The Hall–Kier alpha value is -1.88. The number of carboxylic acid groups (broad SMARTS) is 1. The highest BCUT2D eigenvalue weighted by atomic mass is 35.5. The van der Waals surface area contributed by atoms with Crippen molar-refractivity contribution in [2.24, 2.45) is 41.4 Å². The van der Waals surface area contributed by atoms with Gasteiger partial charge < -0.3 is 53.8 Å². The van der Waals surface area contributed by atoms with Crippen LogP contribution in [0.4, 0.5) is 4.79 Å². The third-order valence-corrected chi connectivity index (χ3v) is 15.6. The van der Waals surface area contributed by atoms with Crippen molar-refractivity contribution in [1.29, 1.82) is 0 Å². The first-order chi connectivity index (χ1) is 29.2. The van der Waals surface area contributed by atoms with Gasteiger partial charge in [0.25, 0.3) is 0 Å². The first-order valence-electron chi connectivity index (χ1n) is 23.6. The normalized spacial score (nSPS) is 41.0. The number of hydrogen-bond donors (Lipinski definition) is 4. The third kappa shape index (κ3) is 10.7. The number of aliphatic hydroxyl groups is 2. The van der Waals surface area contributed by atoms with Gasteiger partial charge in [0.05, 0.1) is 67.0 Å². The fourth-order valence-corrected chi connectivity index (χ4v) is 11.3. The molecule has 4 saturated heterocycles. The third-order valence-electron chi connectivity index (χ3n) is 15.4. The summed E-state index contributed by atoms with van der Waals surface area (Å²) in [5.74, 6) is -5.92. The number of rotatable bonds is 18. The van der Waals surface area contributed by atoms with E-state index in [1.807, 2.05) is 53.7 Å². The van der Waals surface area contributed by atoms with Crippen molar-refractivity contribution in [3.63, 3.8) is 0 Å². The molecular formula is C47H78ClNO13. The zero-order valence-corrected chi connectivity index (χ0v) is 39.7. The summed E-state index contributed by atoms with van der Waals surface area (Å²) in [6, 6.07) is -0.777. The molecule has 1 amide bonds. The number of Topliss-reactive ketones (excluding diaryl/α,β-unsaturated/α-hetero) is 1. The van der Waals surface area contributed by atoms with Crippen molar-refractivity contribution in [2.45, 2.75) is 199 Å². The minimum atomic E-state index is -1.40. The van der Waals surface area contributed by atoms with Crippen molar-refractivity contribution in [3.05, 3.63) is 12.2 Å². The van der Waals surface area contributed by atoms with E-state index in [9.17, 15) is 29.7 Å². The van der Waals surface area contributed by atoms with Crippen LogP contribution in [-0.2, 0) is 42.7 Å². The van der Waals surface area contributed by atoms with Crippen LogP contribution in [-0.4, -0.2) is 124 Å². The van der Waals surface area contributed by atoms with Crippen molar-refractivity contribution in [2.75, 3.05) is 25.7 Å². The number of amides is 1. The molecule has 0 aromatic rings. The molecule has 4 fully saturated rings. The Morgan fingerprint density at radius 1 is 0.903 bits per heavy atom. The van der Waals surface area contributed by atoms with Gasteiger partial charge in [0.2, 0.25) is 0 Å². The Morgan fingerprint density at radius 3 is 2.24 bits per heavy atom. The number of hydrogen-bond acceptors (Lipinski definition) is 12. The number of carboxylic acids is 1. The summed E-state index contributed by atoms with van der Waals surface area (Å²) in [6.45, 7) is 20.1. The van der Waals surface area contributed by atoms with E-state index >= 15 is 0 Å². The van der Waals surface area contributed by atoms with Crippen LogP contribution in [0, 0.1) is 41.4 Å². The molecule has 5 aliphatic rings. The number of aliphatic hydroxyl groups excluding tert-OH is 1. The lowest BCUT2D eigenvalue weighted by Crippen LogP contribution is -2.65. The summed E-state index contributed by atoms with van der Waals surface area (Å²) in [4.78, 5) is 39.9. The predicted octanol–water partition coefficient (Wildman–Crippen LogP) is 7.18. The highest BCUT2D eigenvalue weighted by molar-refractivity contribution is 6.17. The van der Waals surface area contributed by atoms with Gasteiger partial charge in [-0.1, -0.05) is 61.5 Å². The van der Waals surface area contributed by atoms with Gasteiger partial charge in [0.1, 0.15) is 18.4 Å². The molecule has 356 valence electrons. The highest BCUT2D eigenvalue weighted by Gasteiger charge is 2.63. The first-order valence-corrected chi connectivity index (χ1v) is 24.1. The molecule has 0 aromatic heterocycles. The second-order valence-corrected chi connectivity index (χ2v) is 19.9. The van der Waals surface area contributed by atoms with Crippen LogP contribution in [0.3, 0.4) is 0 Å². The average molecular weight is 901 g/mol. The summed E-state index contributed by atoms with van der Waals surface area (Å²) in [5.41, 5.74) is -1.77. The fraction of sp³-hybridized carbons (Fsp3) is 0.894. The number of carbonyl (C=O) groups excluding carboxylic acids is 2. The van der Waals surface area contributed by atoms with Crippen LogP contribution >= 0.6 is 11.6 Å². The van der Waals surface area contributed by atoms with Gasteiger partial charge in [-0.2, -0.15) is 0 Å². The molecule has 5 heterocycles. The molecule has 0 radical (unpaired) electrons. The second-order valence-electron chi connectivity index (χ2n) is 19.5. The van der Waals surface area contributed by atoms with Crippen molar-refractivity contribution < 1.29 is 62.9 Å². The van der Waals surface area contributed by atoms with Crippen LogP contribution < -0.4 is 5.32 Å². The Morgan fingerprint density at radius 2 is 1.61 bits per heavy atom. The molecule has 0 aromatic carbocycles. The molecule has 14 nitrogen and oxygen atoms in total. The maximum Gasteiger partial charge on any atom is 0.407 e. The number of ketones is 1. The van der Waals surface area contributed by atoms with Crippen molar-refractivity contribution in [1.82, 2.24) is 5.32 Å². The maximum atomic E-state index is 14.7. The van der Waals surface area contributed by atoms with Gasteiger partial charge in [0, 0.05) is 36.0 Å². The van der Waals surface area contributed by atoms with E-state index in [1.54, 1.807) is 6.92 Å². The number of alkyl carbamates (subject to hydrolysis) is 1. The number of halogens is 1. The second kappa shape index (κ2) is 21.2. The number of ether oxygens (including phenoxy) is 7. The predicted molar refractivity (Wildman–Crippen MR) is 232 cm³/mol. The SMILES string of the molecule is CC[C@@H](C(=O)[C@@H](C)[C@@H](O)[C@H](C)[C@@H]1O[C@@H]([C@@H](CC)C(=O)O)CC[C@@H]1C)[C@H]1O[C@]2(C=C[C@@H](NC(=O)OCCOCCCl)[C@]3(CC[C@@](C)([C@H]4CC[C@](O)(CC)[C@H](C)O4)O3)O2)[C@H](C)C[C@@H]1C. The summed E-state index contributed by atoms with van der Waals surface area (Å²) in [6.07, 6.45) is 5.41.